The van der Waals surface area contributed by atoms with E-state index in [1.165, 1.54) is 25.3 Å². The number of carbonyl (C=O) groups excluding carboxylic acids is 1. The van der Waals surface area contributed by atoms with Gasteiger partial charge in [0.2, 0.25) is 0 Å². The van der Waals surface area contributed by atoms with Gasteiger partial charge in [0.05, 0.1) is 13.0 Å². The first-order chi connectivity index (χ1) is 9.02. The van der Waals surface area contributed by atoms with Crippen LogP contribution < -0.4 is 4.74 Å². The maximum absolute atomic E-state index is 13.6. The molecule has 0 aliphatic heterocycles. The summed E-state index contributed by atoms with van der Waals surface area (Å²) in [7, 11) is 1.35. The molecule has 100 valence electrons. The van der Waals surface area contributed by atoms with Gasteiger partial charge in [0, 0.05) is 6.42 Å². The minimum atomic E-state index is -1.00. The number of methoxy groups -OCH3 is 1. The molecule has 1 aromatic rings. The molecule has 1 N–H and O–H groups in total. The van der Waals surface area contributed by atoms with Crippen molar-refractivity contribution in [1.82, 2.24) is 0 Å². The van der Waals surface area contributed by atoms with Crippen LogP contribution in [-0.2, 0) is 9.59 Å². The van der Waals surface area contributed by atoms with Gasteiger partial charge in [0.25, 0.3) is 0 Å². The van der Waals surface area contributed by atoms with Gasteiger partial charge >= 0.3 is 5.97 Å². The number of aliphatic carboxylic acids is 1. The Balaban J connectivity index is 2.45. The summed E-state index contributed by atoms with van der Waals surface area (Å²) in [5.41, 5.74) is 0.754. The Labute approximate surface area is 109 Å². The van der Waals surface area contributed by atoms with Crippen LogP contribution in [0, 0.1) is 11.7 Å². The van der Waals surface area contributed by atoms with Crippen molar-refractivity contribution >= 4 is 17.3 Å². The largest absolute Gasteiger partial charge is 0.494 e. The molecular formula is C14H13FO4. The standard InChI is InChI=1S/C14H13FO4/c1-19-13-5-2-8(6-12(13)15)11-7-9(16)3-4-10(11)14(17)18/h2,5-7,10H,3-4H2,1H3,(H,17,18). The monoisotopic (exact) mass is 264 g/mol. The molecule has 1 aliphatic rings. The van der Waals surface area contributed by atoms with Gasteiger partial charge in [-0.15, -0.1) is 0 Å². The number of ketones is 1. The minimum Gasteiger partial charge on any atom is -0.494 e. The SMILES string of the molecule is COc1ccc(C2=CC(=O)CCC2C(=O)O)cc1F. The number of hydrogen-bond donors (Lipinski definition) is 1. The first kappa shape index (κ1) is 13.3. The highest BCUT2D eigenvalue weighted by molar-refractivity contribution is 6.03. The van der Waals surface area contributed by atoms with Crippen LogP contribution in [0.5, 0.6) is 5.75 Å². The van der Waals surface area contributed by atoms with Gasteiger partial charge in [0.1, 0.15) is 0 Å². The van der Waals surface area contributed by atoms with E-state index >= 15 is 0 Å². The van der Waals surface area contributed by atoms with Crippen molar-refractivity contribution in [2.24, 2.45) is 5.92 Å². The van der Waals surface area contributed by atoms with Gasteiger partial charge in [-0.3, -0.25) is 9.59 Å². The molecule has 0 aromatic heterocycles. The fourth-order valence-electron chi connectivity index (χ4n) is 2.18. The van der Waals surface area contributed by atoms with Crippen LogP contribution in [-0.4, -0.2) is 24.0 Å². The highest BCUT2D eigenvalue weighted by Gasteiger charge is 2.28. The van der Waals surface area contributed by atoms with E-state index in [4.69, 9.17) is 9.84 Å². The Bertz CT molecular complexity index is 563. The summed E-state index contributed by atoms with van der Waals surface area (Å²) < 4.78 is 18.5. The van der Waals surface area contributed by atoms with Crippen LogP contribution in [0.3, 0.4) is 0 Å². The first-order valence-corrected chi connectivity index (χ1v) is 5.84. The lowest BCUT2D eigenvalue weighted by atomic mass is 9.83. The quantitative estimate of drug-likeness (QED) is 0.909. The topological polar surface area (TPSA) is 63.6 Å². The third kappa shape index (κ3) is 2.65. The number of ether oxygens (including phenoxy) is 1. The van der Waals surface area contributed by atoms with E-state index in [9.17, 15) is 14.0 Å². The molecule has 1 aromatic carbocycles. The van der Waals surface area contributed by atoms with Crippen molar-refractivity contribution in [1.29, 1.82) is 0 Å². The van der Waals surface area contributed by atoms with E-state index in [0.717, 1.165) is 0 Å². The van der Waals surface area contributed by atoms with Gasteiger partial charge in [-0.2, -0.15) is 0 Å². The molecule has 0 bridgehead atoms. The number of halogens is 1. The third-order valence-electron chi connectivity index (χ3n) is 3.15. The molecule has 0 saturated heterocycles. The van der Waals surface area contributed by atoms with E-state index in [0.29, 0.717) is 11.1 Å². The second-order valence-electron chi connectivity index (χ2n) is 4.34. The van der Waals surface area contributed by atoms with Crippen LogP contribution in [0.25, 0.3) is 5.57 Å². The molecule has 2 rings (SSSR count). The summed E-state index contributed by atoms with van der Waals surface area (Å²) in [4.78, 5) is 22.6. The molecule has 4 nitrogen and oxygen atoms in total. The molecule has 19 heavy (non-hydrogen) atoms. The highest BCUT2D eigenvalue weighted by Crippen LogP contribution is 2.33. The average molecular weight is 264 g/mol. The smallest absolute Gasteiger partial charge is 0.311 e. The molecule has 5 heteroatoms. The Morgan fingerprint density at radius 2 is 2.21 bits per heavy atom. The Hall–Kier alpha value is -2.17. The Morgan fingerprint density at radius 3 is 2.79 bits per heavy atom. The maximum atomic E-state index is 13.6. The third-order valence-corrected chi connectivity index (χ3v) is 3.15. The van der Waals surface area contributed by atoms with E-state index in [2.05, 4.69) is 0 Å². The molecule has 1 atom stereocenters. The normalized spacial score (nSPS) is 18.9. The molecular weight excluding hydrogens is 251 g/mol. The van der Waals surface area contributed by atoms with Crippen molar-refractivity contribution in [3.8, 4) is 5.75 Å². The summed E-state index contributed by atoms with van der Waals surface area (Å²) in [6.45, 7) is 0. The van der Waals surface area contributed by atoms with E-state index in [1.807, 2.05) is 0 Å². The van der Waals surface area contributed by atoms with E-state index in [-0.39, 0.29) is 24.4 Å². The van der Waals surface area contributed by atoms with Gasteiger partial charge < -0.3 is 9.84 Å². The van der Waals surface area contributed by atoms with Crippen LogP contribution >= 0.6 is 0 Å². The predicted molar refractivity (Wildman–Crippen MR) is 66.3 cm³/mol. The van der Waals surface area contributed by atoms with E-state index in [1.54, 1.807) is 6.07 Å². The summed E-state index contributed by atoms with van der Waals surface area (Å²) >= 11 is 0. The molecule has 1 unspecified atom stereocenters. The summed E-state index contributed by atoms with van der Waals surface area (Å²) in [6, 6.07) is 4.17. The zero-order valence-corrected chi connectivity index (χ0v) is 10.4. The number of rotatable bonds is 3. The summed E-state index contributed by atoms with van der Waals surface area (Å²) in [6.07, 6.45) is 1.75. The van der Waals surface area contributed by atoms with Crippen molar-refractivity contribution in [3.63, 3.8) is 0 Å². The number of carbonyl (C=O) groups is 2. The number of hydrogen-bond acceptors (Lipinski definition) is 3. The second kappa shape index (κ2) is 5.22. The second-order valence-corrected chi connectivity index (χ2v) is 4.34. The molecule has 0 heterocycles. The number of carboxylic acids is 1. The Morgan fingerprint density at radius 1 is 1.47 bits per heavy atom. The summed E-state index contributed by atoms with van der Waals surface area (Å²) in [5.74, 6) is -2.41. The highest BCUT2D eigenvalue weighted by atomic mass is 19.1. The summed E-state index contributed by atoms with van der Waals surface area (Å²) in [5, 5.41) is 9.16. The number of benzene rings is 1. The van der Waals surface area contributed by atoms with Crippen molar-refractivity contribution in [3.05, 3.63) is 35.7 Å². The van der Waals surface area contributed by atoms with Gasteiger partial charge in [0.15, 0.2) is 17.3 Å². The zero-order valence-electron chi connectivity index (χ0n) is 10.4. The maximum Gasteiger partial charge on any atom is 0.311 e. The lowest BCUT2D eigenvalue weighted by Crippen LogP contribution is -2.21. The number of allylic oxidation sites excluding steroid dienone is 1. The van der Waals surface area contributed by atoms with Crippen LogP contribution in [0.2, 0.25) is 0 Å². The van der Waals surface area contributed by atoms with Crippen LogP contribution in [0.15, 0.2) is 24.3 Å². The molecule has 0 spiro atoms. The fourth-order valence-corrected chi connectivity index (χ4v) is 2.18. The molecule has 1 aliphatic carbocycles. The van der Waals surface area contributed by atoms with E-state index < -0.39 is 17.7 Å². The first-order valence-electron chi connectivity index (χ1n) is 5.84. The van der Waals surface area contributed by atoms with Gasteiger partial charge in [-0.1, -0.05) is 6.07 Å². The predicted octanol–water partition coefficient (Wildman–Crippen LogP) is 2.28. The average Bonchev–Trinajstić information content (AvgIpc) is 2.38. The lowest BCUT2D eigenvalue weighted by Gasteiger charge is -2.20. The molecule has 0 fully saturated rings. The fraction of sp³-hybridized carbons (Fsp3) is 0.286. The lowest BCUT2D eigenvalue weighted by molar-refractivity contribution is -0.140. The van der Waals surface area contributed by atoms with Gasteiger partial charge in [-0.05, 0) is 35.8 Å². The van der Waals surface area contributed by atoms with Crippen molar-refractivity contribution in [2.75, 3.05) is 7.11 Å². The van der Waals surface area contributed by atoms with Crippen LogP contribution in [0.1, 0.15) is 18.4 Å². The van der Waals surface area contributed by atoms with Gasteiger partial charge in [-0.25, -0.2) is 4.39 Å². The van der Waals surface area contributed by atoms with Crippen molar-refractivity contribution in [2.45, 2.75) is 12.8 Å². The van der Waals surface area contributed by atoms with Crippen molar-refractivity contribution < 1.29 is 23.8 Å². The molecule has 0 amide bonds. The molecule has 0 saturated carbocycles. The Kier molecular flexibility index (Phi) is 3.64. The van der Waals surface area contributed by atoms with Crippen LogP contribution in [0.4, 0.5) is 4.39 Å². The number of carboxylic acid groups (broad SMARTS) is 1. The minimum absolute atomic E-state index is 0.0818. The molecule has 0 radical (unpaired) electrons. The zero-order chi connectivity index (χ0) is 14.0.